The number of aryl methyl sites for hydroxylation is 1. The van der Waals surface area contributed by atoms with E-state index in [-0.39, 0.29) is 0 Å². The van der Waals surface area contributed by atoms with Gasteiger partial charge in [0.15, 0.2) is 0 Å². The molecule has 0 saturated heterocycles. The van der Waals surface area contributed by atoms with Crippen LogP contribution in [0.4, 0.5) is 5.82 Å². The Labute approximate surface area is 136 Å². The fourth-order valence-electron chi connectivity index (χ4n) is 2.37. The number of imidazole rings is 1. The first-order chi connectivity index (χ1) is 9.93. The second-order valence-electron chi connectivity index (χ2n) is 5.64. The van der Waals surface area contributed by atoms with Crippen LogP contribution in [0.15, 0.2) is 18.2 Å². The van der Waals surface area contributed by atoms with E-state index in [0.29, 0.717) is 21.8 Å². The molecule has 0 saturated carbocycles. The minimum absolute atomic E-state index is 0.500. The van der Waals surface area contributed by atoms with Crippen LogP contribution < -0.4 is 5.73 Å². The summed E-state index contributed by atoms with van der Waals surface area (Å²) in [7, 11) is 0. The number of hydrogen-bond donors (Lipinski definition) is 1. The lowest BCUT2D eigenvalue weighted by atomic mass is 10.1. The number of aromatic nitrogens is 2. The topological polar surface area (TPSA) is 43.8 Å². The van der Waals surface area contributed by atoms with E-state index in [4.69, 9.17) is 33.9 Å². The van der Waals surface area contributed by atoms with Crippen molar-refractivity contribution >= 4 is 29.0 Å². The monoisotopic (exact) mass is 325 g/mol. The van der Waals surface area contributed by atoms with Crippen LogP contribution in [0.5, 0.6) is 0 Å². The van der Waals surface area contributed by atoms with Crippen LogP contribution in [0.2, 0.25) is 10.0 Å². The highest BCUT2D eigenvalue weighted by Crippen LogP contribution is 2.34. The smallest absolute Gasteiger partial charge is 0.131 e. The molecule has 1 aromatic heterocycles. The molecule has 2 rings (SSSR count). The minimum Gasteiger partial charge on any atom is -0.383 e. The molecule has 2 aromatic rings. The molecule has 0 amide bonds. The third kappa shape index (κ3) is 3.53. The third-order valence-electron chi connectivity index (χ3n) is 3.29. The van der Waals surface area contributed by atoms with E-state index < -0.39 is 0 Å². The van der Waals surface area contributed by atoms with Gasteiger partial charge in [0.1, 0.15) is 17.3 Å². The van der Waals surface area contributed by atoms with Gasteiger partial charge in [-0.25, -0.2) is 4.98 Å². The van der Waals surface area contributed by atoms with Gasteiger partial charge >= 0.3 is 0 Å². The third-order valence-corrected chi connectivity index (χ3v) is 3.86. The summed E-state index contributed by atoms with van der Waals surface area (Å²) >= 11 is 12.4. The van der Waals surface area contributed by atoms with Crippen LogP contribution in [-0.2, 0) is 13.0 Å². The summed E-state index contributed by atoms with van der Waals surface area (Å²) < 4.78 is 2.10. The fraction of sp³-hybridized carbons (Fsp3) is 0.438. The van der Waals surface area contributed by atoms with Gasteiger partial charge in [-0.2, -0.15) is 0 Å². The number of anilines is 1. The van der Waals surface area contributed by atoms with Crippen molar-refractivity contribution in [2.75, 3.05) is 5.73 Å². The molecule has 21 heavy (non-hydrogen) atoms. The van der Waals surface area contributed by atoms with Crippen molar-refractivity contribution in [3.05, 3.63) is 34.1 Å². The van der Waals surface area contributed by atoms with Crippen LogP contribution in [-0.4, -0.2) is 9.55 Å². The molecule has 2 N–H and O–H groups in total. The van der Waals surface area contributed by atoms with Crippen LogP contribution in [0.1, 0.15) is 33.0 Å². The van der Waals surface area contributed by atoms with Gasteiger partial charge in [-0.05, 0) is 30.5 Å². The number of hydrogen-bond acceptors (Lipinski definition) is 2. The molecule has 3 nitrogen and oxygen atoms in total. The number of nitrogen functional groups attached to an aromatic ring is 1. The van der Waals surface area contributed by atoms with Crippen molar-refractivity contribution in [1.82, 2.24) is 9.55 Å². The van der Waals surface area contributed by atoms with E-state index >= 15 is 0 Å². The lowest BCUT2D eigenvalue weighted by molar-refractivity contribution is 0.510. The van der Waals surface area contributed by atoms with Crippen molar-refractivity contribution in [1.29, 1.82) is 0 Å². The SMILES string of the molecule is CCCc1nc(-c2cc(Cl)ccc2Cl)c(N)n1CC(C)C. The number of rotatable bonds is 5. The predicted molar refractivity (Wildman–Crippen MR) is 90.9 cm³/mol. The van der Waals surface area contributed by atoms with E-state index in [1.54, 1.807) is 12.1 Å². The molecule has 0 unspecified atom stereocenters. The molecule has 0 fully saturated rings. The molecule has 0 radical (unpaired) electrons. The lowest BCUT2D eigenvalue weighted by Gasteiger charge is -2.12. The van der Waals surface area contributed by atoms with Gasteiger partial charge in [-0.1, -0.05) is 44.0 Å². The molecule has 0 atom stereocenters. The lowest BCUT2D eigenvalue weighted by Crippen LogP contribution is -2.11. The summed E-state index contributed by atoms with van der Waals surface area (Å²) in [5.74, 6) is 2.17. The zero-order valence-electron chi connectivity index (χ0n) is 12.7. The molecule has 0 aliphatic heterocycles. The Morgan fingerprint density at radius 2 is 2.00 bits per heavy atom. The summed E-state index contributed by atoms with van der Waals surface area (Å²) in [6.45, 7) is 7.32. The molecule has 0 bridgehead atoms. The normalized spacial score (nSPS) is 11.3. The second-order valence-corrected chi connectivity index (χ2v) is 6.48. The first kappa shape index (κ1) is 16.2. The average molecular weight is 326 g/mol. The fourth-order valence-corrected chi connectivity index (χ4v) is 2.75. The number of halogens is 2. The van der Waals surface area contributed by atoms with Crippen molar-refractivity contribution in [3.63, 3.8) is 0 Å². The maximum absolute atomic E-state index is 6.33. The van der Waals surface area contributed by atoms with Gasteiger partial charge in [0.25, 0.3) is 0 Å². The molecule has 114 valence electrons. The highest BCUT2D eigenvalue weighted by molar-refractivity contribution is 6.35. The summed E-state index contributed by atoms with van der Waals surface area (Å²) in [5, 5.41) is 1.24. The van der Waals surface area contributed by atoms with Gasteiger partial charge in [0.2, 0.25) is 0 Å². The van der Waals surface area contributed by atoms with E-state index in [9.17, 15) is 0 Å². The average Bonchev–Trinajstić information content (AvgIpc) is 2.70. The molecule has 0 aliphatic rings. The zero-order valence-corrected chi connectivity index (χ0v) is 14.2. The largest absolute Gasteiger partial charge is 0.383 e. The van der Waals surface area contributed by atoms with Gasteiger partial charge in [-0.15, -0.1) is 0 Å². The van der Waals surface area contributed by atoms with Crippen molar-refractivity contribution < 1.29 is 0 Å². The minimum atomic E-state index is 0.500. The maximum Gasteiger partial charge on any atom is 0.131 e. The molecule has 0 spiro atoms. The van der Waals surface area contributed by atoms with Crippen LogP contribution >= 0.6 is 23.2 Å². The molecule has 1 heterocycles. The Balaban J connectivity index is 2.56. The first-order valence-corrected chi connectivity index (χ1v) is 7.99. The Hall–Kier alpha value is -1.19. The number of nitrogens with two attached hydrogens (primary N) is 1. The van der Waals surface area contributed by atoms with Gasteiger partial charge in [-0.3, -0.25) is 0 Å². The molecule has 5 heteroatoms. The Morgan fingerprint density at radius 3 is 2.62 bits per heavy atom. The molecular formula is C16H21Cl2N3. The van der Waals surface area contributed by atoms with Gasteiger partial charge < -0.3 is 10.3 Å². The summed E-state index contributed by atoms with van der Waals surface area (Å²) in [4.78, 5) is 4.72. The van der Waals surface area contributed by atoms with E-state index in [1.165, 1.54) is 0 Å². The van der Waals surface area contributed by atoms with E-state index in [0.717, 1.165) is 36.5 Å². The highest BCUT2D eigenvalue weighted by Gasteiger charge is 2.18. The highest BCUT2D eigenvalue weighted by atomic mass is 35.5. The predicted octanol–water partition coefficient (Wildman–Crippen LogP) is 5.05. The van der Waals surface area contributed by atoms with E-state index in [1.807, 2.05) is 6.07 Å². The van der Waals surface area contributed by atoms with Gasteiger partial charge in [0.05, 0.1) is 5.02 Å². The van der Waals surface area contributed by atoms with Crippen LogP contribution in [0.25, 0.3) is 11.3 Å². The molecular weight excluding hydrogens is 305 g/mol. The quantitative estimate of drug-likeness (QED) is 0.836. The zero-order chi connectivity index (χ0) is 15.6. The van der Waals surface area contributed by atoms with Crippen molar-refractivity contribution in [3.8, 4) is 11.3 Å². The van der Waals surface area contributed by atoms with Crippen molar-refractivity contribution in [2.45, 2.75) is 40.2 Å². The van der Waals surface area contributed by atoms with Crippen LogP contribution in [0.3, 0.4) is 0 Å². The van der Waals surface area contributed by atoms with Crippen molar-refractivity contribution in [2.24, 2.45) is 5.92 Å². The summed E-state index contributed by atoms with van der Waals surface area (Å²) in [5.41, 5.74) is 7.85. The summed E-state index contributed by atoms with van der Waals surface area (Å²) in [6.07, 6.45) is 1.92. The maximum atomic E-state index is 6.33. The second kappa shape index (κ2) is 6.71. The molecule has 0 aliphatic carbocycles. The Kier molecular flexibility index (Phi) is 5.17. The number of benzene rings is 1. The summed E-state index contributed by atoms with van der Waals surface area (Å²) in [6, 6.07) is 5.36. The molecule has 1 aromatic carbocycles. The first-order valence-electron chi connectivity index (χ1n) is 7.24. The van der Waals surface area contributed by atoms with Gasteiger partial charge in [0, 0.05) is 23.6 Å². The number of nitrogens with zero attached hydrogens (tertiary/aromatic N) is 2. The van der Waals surface area contributed by atoms with Crippen LogP contribution in [0, 0.1) is 5.92 Å². The van der Waals surface area contributed by atoms with E-state index in [2.05, 4.69) is 25.3 Å². The Bertz CT molecular complexity index is 633. The standard InChI is InChI=1S/C16H21Cl2N3/c1-4-5-14-20-15(16(19)21(14)9-10(2)3)12-8-11(17)6-7-13(12)18/h6-8,10H,4-5,9,19H2,1-3H3. The Morgan fingerprint density at radius 1 is 1.29 bits per heavy atom.